The van der Waals surface area contributed by atoms with Gasteiger partial charge in [-0.15, -0.1) is 0 Å². The van der Waals surface area contributed by atoms with Crippen molar-refractivity contribution >= 4 is 24.0 Å². The van der Waals surface area contributed by atoms with Crippen molar-refractivity contribution in [3.63, 3.8) is 0 Å². The number of carbonyl (C=O) groups excluding carboxylic acids is 2. The fraction of sp³-hybridized carbons (Fsp3) is 0.609. The summed E-state index contributed by atoms with van der Waals surface area (Å²) < 4.78 is 5.81. The number of likely N-dealkylation sites (tertiary alicyclic amines) is 1. The fourth-order valence-electron chi connectivity index (χ4n) is 5.15. The molecule has 0 unspecified atom stereocenters. The average molecular weight is 464 g/mol. The minimum atomic E-state index is -0.794. The summed E-state index contributed by atoms with van der Waals surface area (Å²) >= 11 is 0. The lowest BCUT2D eigenvalue weighted by Crippen LogP contribution is -2.57. The Bertz CT molecular complexity index is 841. The third kappa shape index (κ3) is 5.19. The Morgan fingerprint density at radius 2 is 1.97 bits per heavy atom. The molecule has 0 bridgehead atoms. The molecule has 0 radical (unpaired) electrons. The summed E-state index contributed by atoms with van der Waals surface area (Å²) in [5.41, 5.74) is 1.68. The van der Waals surface area contributed by atoms with Gasteiger partial charge >= 0.3 is 0 Å². The molecule has 1 aromatic rings. The number of benzene rings is 1. The molecule has 3 aliphatic rings. The summed E-state index contributed by atoms with van der Waals surface area (Å²) in [4.78, 5) is 37.2. The summed E-state index contributed by atoms with van der Waals surface area (Å²) in [5, 5.41) is 29.3. The number of aliphatic hydroxyl groups is 2. The highest BCUT2D eigenvalue weighted by atomic mass is 16.5. The Balaban J connectivity index is 0.000000968. The van der Waals surface area contributed by atoms with Crippen LogP contribution in [-0.2, 0) is 24.5 Å². The van der Waals surface area contributed by atoms with Crippen LogP contribution in [0.4, 0.5) is 5.69 Å². The van der Waals surface area contributed by atoms with E-state index in [0.29, 0.717) is 19.6 Å². The van der Waals surface area contributed by atoms with Crippen molar-refractivity contribution in [2.45, 2.75) is 49.3 Å². The van der Waals surface area contributed by atoms with E-state index >= 15 is 0 Å². The van der Waals surface area contributed by atoms with E-state index in [2.05, 4.69) is 16.3 Å². The van der Waals surface area contributed by atoms with Gasteiger partial charge in [-0.1, -0.05) is 18.2 Å². The first-order valence-corrected chi connectivity index (χ1v) is 11.3. The first kappa shape index (κ1) is 25.1. The third-order valence-corrected chi connectivity index (χ3v) is 6.88. The molecule has 3 aliphatic heterocycles. The zero-order valence-electron chi connectivity index (χ0n) is 18.9. The van der Waals surface area contributed by atoms with Gasteiger partial charge in [-0.3, -0.25) is 14.4 Å². The second kappa shape index (κ2) is 11.1. The Labute approximate surface area is 193 Å². The van der Waals surface area contributed by atoms with Gasteiger partial charge in [-0.05, 0) is 44.0 Å². The zero-order chi connectivity index (χ0) is 24.0. The Morgan fingerprint density at radius 3 is 2.64 bits per heavy atom. The van der Waals surface area contributed by atoms with Crippen molar-refractivity contribution in [3.05, 3.63) is 29.8 Å². The van der Waals surface area contributed by atoms with E-state index in [1.165, 1.54) is 0 Å². The van der Waals surface area contributed by atoms with Gasteiger partial charge in [0, 0.05) is 32.3 Å². The molecule has 1 aromatic carbocycles. The van der Waals surface area contributed by atoms with Crippen LogP contribution in [0.5, 0.6) is 0 Å². The summed E-state index contributed by atoms with van der Waals surface area (Å²) in [7, 11) is 1.85. The van der Waals surface area contributed by atoms with Gasteiger partial charge in [0.1, 0.15) is 6.10 Å². The molecule has 1 spiro atoms. The van der Waals surface area contributed by atoms with Crippen LogP contribution in [0.25, 0.3) is 0 Å². The molecule has 2 fully saturated rings. The maximum Gasteiger partial charge on any atom is 0.290 e. The summed E-state index contributed by atoms with van der Waals surface area (Å²) in [6.45, 7) is 2.08. The molecule has 0 saturated carbocycles. The van der Waals surface area contributed by atoms with Gasteiger partial charge in [-0.2, -0.15) is 0 Å². The SMILES string of the molecule is CN1C(=O)C2(CCN(C[C@H]3OCC[C@H](NC(=O)CCO)[C@@H]3O)CC2)c2ccccc21.O=CO. The minimum absolute atomic E-state index is 0.0346. The number of nitrogens with one attached hydrogen (secondary N) is 1. The number of piperidine rings is 1. The highest BCUT2D eigenvalue weighted by Gasteiger charge is 2.51. The second-order valence-corrected chi connectivity index (χ2v) is 8.71. The Kier molecular flexibility index (Phi) is 8.41. The predicted molar refractivity (Wildman–Crippen MR) is 120 cm³/mol. The van der Waals surface area contributed by atoms with E-state index in [-0.39, 0.29) is 43.5 Å². The monoisotopic (exact) mass is 463 g/mol. The normalized spacial score (nSPS) is 26.3. The van der Waals surface area contributed by atoms with Crippen molar-refractivity contribution < 1.29 is 34.4 Å². The van der Waals surface area contributed by atoms with E-state index in [1.54, 1.807) is 4.90 Å². The molecular formula is C23H33N3O7. The molecule has 0 aromatic heterocycles. The van der Waals surface area contributed by atoms with Gasteiger partial charge in [-0.25, -0.2) is 0 Å². The summed E-state index contributed by atoms with van der Waals surface area (Å²) in [5.74, 6) is -0.0893. The molecule has 182 valence electrons. The molecule has 2 amide bonds. The highest BCUT2D eigenvalue weighted by Crippen LogP contribution is 2.47. The molecule has 2 saturated heterocycles. The number of carboxylic acid groups (broad SMARTS) is 1. The number of aliphatic hydroxyl groups excluding tert-OH is 2. The van der Waals surface area contributed by atoms with Gasteiger partial charge in [0.05, 0.1) is 24.2 Å². The number of nitrogens with zero attached hydrogens (tertiary/aromatic N) is 2. The van der Waals surface area contributed by atoms with E-state index in [4.69, 9.17) is 19.7 Å². The molecule has 4 N–H and O–H groups in total. The standard InChI is InChI=1S/C22H31N3O5.CH2O2/c1-24-17-5-3-2-4-15(17)22(21(24)29)8-10-25(11-9-22)14-18-20(28)16(7-13-30-18)23-19(27)6-12-26;2-1-3/h2-5,16,18,20,26,28H,6-14H2,1H3,(H,23,27);1H,(H,2,3)/t16-,18+,20-;/m0./s1. The van der Waals surface area contributed by atoms with Crippen LogP contribution in [0.1, 0.15) is 31.2 Å². The first-order chi connectivity index (χ1) is 15.9. The minimum Gasteiger partial charge on any atom is -0.483 e. The number of para-hydroxylation sites is 1. The zero-order valence-corrected chi connectivity index (χ0v) is 18.9. The number of hydrogen-bond acceptors (Lipinski definition) is 7. The number of ether oxygens (including phenoxy) is 1. The molecular weight excluding hydrogens is 430 g/mol. The van der Waals surface area contributed by atoms with Crippen molar-refractivity contribution in [1.29, 1.82) is 0 Å². The lowest BCUT2D eigenvalue weighted by atomic mass is 9.73. The second-order valence-electron chi connectivity index (χ2n) is 8.71. The Hall–Kier alpha value is -2.53. The van der Waals surface area contributed by atoms with E-state index in [1.807, 2.05) is 25.2 Å². The lowest BCUT2D eigenvalue weighted by molar-refractivity contribution is -0.131. The molecule has 0 aliphatic carbocycles. The number of rotatable bonds is 5. The van der Waals surface area contributed by atoms with Gasteiger partial charge in [0.2, 0.25) is 11.8 Å². The molecule has 10 heteroatoms. The molecule has 3 atom stereocenters. The number of likely N-dealkylation sites (N-methyl/N-ethyl adjacent to an activating group) is 1. The summed E-state index contributed by atoms with van der Waals surface area (Å²) in [6.07, 6.45) is 0.889. The van der Waals surface area contributed by atoms with Crippen molar-refractivity contribution in [1.82, 2.24) is 10.2 Å². The van der Waals surface area contributed by atoms with Crippen LogP contribution in [0, 0.1) is 0 Å². The molecule has 3 heterocycles. The Morgan fingerprint density at radius 1 is 1.30 bits per heavy atom. The van der Waals surface area contributed by atoms with Crippen LogP contribution in [0.3, 0.4) is 0 Å². The van der Waals surface area contributed by atoms with E-state index in [0.717, 1.165) is 37.2 Å². The fourth-order valence-corrected chi connectivity index (χ4v) is 5.15. The van der Waals surface area contributed by atoms with Crippen LogP contribution in [-0.4, -0.2) is 96.7 Å². The maximum atomic E-state index is 13.1. The number of amides is 2. The number of fused-ring (bicyclic) bond motifs is 2. The van der Waals surface area contributed by atoms with Crippen LogP contribution in [0.2, 0.25) is 0 Å². The van der Waals surface area contributed by atoms with E-state index in [9.17, 15) is 14.7 Å². The first-order valence-electron chi connectivity index (χ1n) is 11.3. The topological polar surface area (TPSA) is 140 Å². The lowest BCUT2D eigenvalue weighted by Gasteiger charge is -2.42. The van der Waals surface area contributed by atoms with Crippen molar-refractivity contribution in [2.24, 2.45) is 0 Å². The molecule has 33 heavy (non-hydrogen) atoms. The molecule has 10 nitrogen and oxygen atoms in total. The van der Waals surface area contributed by atoms with Crippen LogP contribution >= 0.6 is 0 Å². The number of hydrogen-bond donors (Lipinski definition) is 4. The van der Waals surface area contributed by atoms with Crippen LogP contribution in [0.15, 0.2) is 24.3 Å². The van der Waals surface area contributed by atoms with Crippen molar-refractivity contribution in [3.8, 4) is 0 Å². The highest BCUT2D eigenvalue weighted by molar-refractivity contribution is 6.07. The van der Waals surface area contributed by atoms with Gasteiger partial charge in [0.15, 0.2) is 0 Å². The van der Waals surface area contributed by atoms with Gasteiger partial charge in [0.25, 0.3) is 6.47 Å². The molecule has 4 rings (SSSR count). The predicted octanol–water partition coefficient (Wildman–Crippen LogP) is -0.286. The van der Waals surface area contributed by atoms with E-state index < -0.39 is 11.5 Å². The number of carbonyl (C=O) groups is 3. The summed E-state index contributed by atoms with van der Waals surface area (Å²) in [6, 6.07) is 7.67. The van der Waals surface area contributed by atoms with Gasteiger partial charge < -0.3 is 35.2 Å². The largest absolute Gasteiger partial charge is 0.483 e. The quantitative estimate of drug-likeness (QED) is 0.437. The smallest absolute Gasteiger partial charge is 0.290 e. The third-order valence-electron chi connectivity index (χ3n) is 6.88. The number of anilines is 1. The average Bonchev–Trinajstić information content (AvgIpc) is 3.01. The van der Waals surface area contributed by atoms with Crippen LogP contribution < -0.4 is 10.2 Å². The maximum absolute atomic E-state index is 13.1. The van der Waals surface area contributed by atoms with Crippen molar-refractivity contribution in [2.75, 3.05) is 44.8 Å².